The van der Waals surface area contributed by atoms with E-state index in [0.717, 1.165) is 19.2 Å². The summed E-state index contributed by atoms with van der Waals surface area (Å²) in [5.41, 5.74) is 3.08. The molecule has 0 atom stereocenters. The van der Waals surface area contributed by atoms with Gasteiger partial charge in [-0.25, -0.2) is 4.79 Å². The molecule has 2 aliphatic rings. The summed E-state index contributed by atoms with van der Waals surface area (Å²) >= 11 is 0. The Bertz CT molecular complexity index is 1640. The molecule has 230 valence electrons. The number of carbonyl (C=O) groups excluding carboxylic acids is 3. The van der Waals surface area contributed by atoms with Crippen molar-refractivity contribution in [2.45, 2.75) is 32.5 Å². The smallest absolute Gasteiger partial charge is 0.416 e. The standard InChI is InChI=1S/C33H33F3N4O4/c1-20-4-5-21(12-27(20)31(42)38-26-15-24-14-25(32(43)44-3)17-29(24)37-18-26)13-30(41)22-6-7-23(28(16-22)33(34,35)36)19-40-10-8-39(2)9-11-40/h4-7,12,14-16,18H,8-11,13,17,19H2,1-3H3,(H,38,42). The average Bonchev–Trinajstić information content (AvgIpc) is 3.42. The predicted octanol–water partition coefficient (Wildman–Crippen LogP) is 4.95. The van der Waals surface area contributed by atoms with E-state index < -0.39 is 29.4 Å². The number of benzene rings is 2. The van der Waals surface area contributed by atoms with E-state index in [9.17, 15) is 27.6 Å². The van der Waals surface area contributed by atoms with E-state index in [1.807, 2.05) is 11.9 Å². The van der Waals surface area contributed by atoms with Gasteiger partial charge in [0.05, 0.1) is 30.3 Å². The van der Waals surface area contributed by atoms with Gasteiger partial charge in [-0.1, -0.05) is 24.3 Å². The van der Waals surface area contributed by atoms with Crippen molar-refractivity contribution in [1.82, 2.24) is 14.8 Å². The molecule has 1 amide bonds. The van der Waals surface area contributed by atoms with Crippen LogP contribution in [-0.4, -0.2) is 72.8 Å². The van der Waals surface area contributed by atoms with Gasteiger partial charge in [-0.3, -0.25) is 19.5 Å². The summed E-state index contributed by atoms with van der Waals surface area (Å²) in [4.78, 5) is 46.7. The number of aromatic nitrogens is 1. The van der Waals surface area contributed by atoms with Crippen LogP contribution in [0.1, 0.15) is 54.2 Å². The Balaban J connectivity index is 1.30. The number of nitrogens with one attached hydrogen (secondary N) is 1. The van der Waals surface area contributed by atoms with Gasteiger partial charge in [0.1, 0.15) is 0 Å². The van der Waals surface area contributed by atoms with Crippen molar-refractivity contribution in [3.8, 4) is 0 Å². The summed E-state index contributed by atoms with van der Waals surface area (Å²) in [7, 11) is 3.29. The molecule has 1 fully saturated rings. The number of fused-ring (bicyclic) bond motifs is 1. The molecule has 0 radical (unpaired) electrons. The molecule has 5 rings (SSSR count). The zero-order valence-electron chi connectivity index (χ0n) is 24.8. The molecule has 0 spiro atoms. The number of Topliss-reactive ketones (excluding diaryl/α,β-unsaturated/α-hetero) is 1. The minimum Gasteiger partial charge on any atom is -0.466 e. The third kappa shape index (κ3) is 7.06. The molecule has 1 saturated heterocycles. The molecule has 8 nitrogen and oxygen atoms in total. The Hall–Kier alpha value is -4.35. The Kier molecular flexibility index (Phi) is 8.98. The highest BCUT2D eigenvalue weighted by atomic mass is 19.4. The molecule has 1 N–H and O–H groups in total. The van der Waals surface area contributed by atoms with Crippen LogP contribution in [0.15, 0.2) is 54.2 Å². The quantitative estimate of drug-likeness (QED) is 0.287. The summed E-state index contributed by atoms with van der Waals surface area (Å²) in [6, 6.07) is 10.5. The van der Waals surface area contributed by atoms with E-state index >= 15 is 0 Å². The number of esters is 1. The van der Waals surface area contributed by atoms with E-state index in [2.05, 4.69) is 15.2 Å². The largest absolute Gasteiger partial charge is 0.466 e. The van der Waals surface area contributed by atoms with E-state index in [0.29, 0.717) is 58.7 Å². The molecule has 2 heterocycles. The molecule has 44 heavy (non-hydrogen) atoms. The molecule has 1 aromatic heterocycles. The molecule has 2 aromatic carbocycles. The molecule has 11 heteroatoms. The molecule has 0 saturated carbocycles. The minimum atomic E-state index is -4.60. The van der Waals surface area contributed by atoms with Crippen LogP contribution in [0.3, 0.4) is 0 Å². The zero-order valence-corrected chi connectivity index (χ0v) is 24.8. The third-order valence-electron chi connectivity index (χ3n) is 8.04. The van der Waals surface area contributed by atoms with Crippen molar-refractivity contribution in [1.29, 1.82) is 0 Å². The number of piperazine rings is 1. The second-order valence-electron chi connectivity index (χ2n) is 11.3. The Morgan fingerprint density at radius 1 is 1.02 bits per heavy atom. The molecule has 1 aliphatic heterocycles. The number of rotatable bonds is 8. The summed E-state index contributed by atoms with van der Waals surface area (Å²) in [5.74, 6) is -1.35. The van der Waals surface area contributed by atoms with Gasteiger partial charge in [-0.15, -0.1) is 0 Å². The summed E-state index contributed by atoms with van der Waals surface area (Å²) in [6.07, 6.45) is -1.26. The van der Waals surface area contributed by atoms with Gasteiger partial charge in [0.15, 0.2) is 5.78 Å². The first-order chi connectivity index (χ1) is 20.9. The van der Waals surface area contributed by atoms with Gasteiger partial charge in [0, 0.05) is 62.3 Å². The fourth-order valence-electron chi connectivity index (χ4n) is 5.44. The number of nitrogens with zero attached hydrogens (tertiary/aromatic N) is 3. The number of ketones is 1. The van der Waals surface area contributed by atoms with Crippen molar-refractivity contribution >= 4 is 29.4 Å². The maximum absolute atomic E-state index is 14.0. The molecule has 1 aliphatic carbocycles. The van der Waals surface area contributed by atoms with E-state index in [1.54, 1.807) is 37.3 Å². The van der Waals surface area contributed by atoms with Crippen molar-refractivity contribution in [3.05, 3.63) is 98.9 Å². The SMILES string of the molecule is COC(=O)C1=Cc2cc(NC(=O)c3cc(CC(=O)c4ccc(CN5CCN(C)CC5)c(C(F)(F)F)c4)ccc3C)cnc2C1. The fourth-order valence-corrected chi connectivity index (χ4v) is 5.44. The molecular weight excluding hydrogens is 573 g/mol. The lowest BCUT2D eigenvalue weighted by atomic mass is 9.95. The van der Waals surface area contributed by atoms with Crippen LogP contribution in [0, 0.1) is 6.92 Å². The topological polar surface area (TPSA) is 91.8 Å². The molecular formula is C33H33F3N4O4. The van der Waals surface area contributed by atoms with Crippen LogP contribution in [0.4, 0.5) is 18.9 Å². The number of anilines is 1. The van der Waals surface area contributed by atoms with Gasteiger partial charge in [-0.2, -0.15) is 13.2 Å². The fraction of sp³-hybridized carbons (Fsp3) is 0.333. The van der Waals surface area contributed by atoms with Crippen molar-refractivity contribution in [2.75, 3.05) is 45.7 Å². The Morgan fingerprint density at radius 3 is 2.48 bits per heavy atom. The number of methoxy groups -OCH3 is 1. The summed E-state index contributed by atoms with van der Waals surface area (Å²) in [6.45, 7) is 4.84. The number of ether oxygens (including phenoxy) is 1. The number of aryl methyl sites for hydroxylation is 1. The van der Waals surface area contributed by atoms with Crippen LogP contribution in [0.5, 0.6) is 0 Å². The van der Waals surface area contributed by atoms with Crippen LogP contribution < -0.4 is 5.32 Å². The van der Waals surface area contributed by atoms with E-state index in [4.69, 9.17) is 4.74 Å². The highest BCUT2D eigenvalue weighted by Crippen LogP contribution is 2.34. The first-order valence-electron chi connectivity index (χ1n) is 14.2. The number of hydrogen-bond acceptors (Lipinski definition) is 7. The Labute approximate surface area is 253 Å². The van der Waals surface area contributed by atoms with Crippen LogP contribution in [0.25, 0.3) is 6.08 Å². The maximum atomic E-state index is 14.0. The highest BCUT2D eigenvalue weighted by molar-refractivity contribution is 6.06. The first-order valence-corrected chi connectivity index (χ1v) is 14.2. The molecule has 0 unspecified atom stereocenters. The van der Waals surface area contributed by atoms with Gasteiger partial charge >= 0.3 is 12.1 Å². The monoisotopic (exact) mass is 606 g/mol. The van der Waals surface area contributed by atoms with Gasteiger partial charge in [0.25, 0.3) is 5.91 Å². The molecule has 0 bridgehead atoms. The second kappa shape index (κ2) is 12.7. The predicted molar refractivity (Wildman–Crippen MR) is 159 cm³/mol. The zero-order chi connectivity index (χ0) is 31.6. The number of pyridine rings is 1. The normalized spacial score (nSPS) is 15.5. The average molecular weight is 607 g/mol. The van der Waals surface area contributed by atoms with Crippen LogP contribution in [0.2, 0.25) is 0 Å². The van der Waals surface area contributed by atoms with E-state index in [-0.39, 0.29) is 24.1 Å². The summed E-state index contributed by atoms with van der Waals surface area (Å²) in [5, 5.41) is 2.80. The van der Waals surface area contributed by atoms with Crippen molar-refractivity contribution in [2.24, 2.45) is 0 Å². The van der Waals surface area contributed by atoms with Crippen molar-refractivity contribution in [3.63, 3.8) is 0 Å². The van der Waals surface area contributed by atoms with Crippen LogP contribution in [-0.2, 0) is 35.1 Å². The first kappa shape index (κ1) is 31.1. The van der Waals surface area contributed by atoms with Gasteiger partial charge in [-0.05, 0) is 60.5 Å². The number of likely N-dealkylation sites (N-methyl/N-ethyl adjacent to an activating group) is 1. The lowest BCUT2D eigenvalue weighted by molar-refractivity contribution is -0.138. The lowest BCUT2D eigenvalue weighted by Gasteiger charge is -2.33. The lowest BCUT2D eigenvalue weighted by Crippen LogP contribution is -2.44. The van der Waals surface area contributed by atoms with E-state index in [1.165, 1.54) is 25.4 Å². The number of amides is 1. The second-order valence-corrected chi connectivity index (χ2v) is 11.3. The summed E-state index contributed by atoms with van der Waals surface area (Å²) < 4.78 is 46.9. The third-order valence-corrected chi connectivity index (χ3v) is 8.04. The number of halogens is 3. The highest BCUT2D eigenvalue weighted by Gasteiger charge is 2.34. The minimum absolute atomic E-state index is 0.0328. The number of alkyl halides is 3. The number of carbonyl (C=O) groups is 3. The maximum Gasteiger partial charge on any atom is 0.416 e. The number of hydrogen-bond donors (Lipinski definition) is 1. The van der Waals surface area contributed by atoms with Crippen molar-refractivity contribution < 1.29 is 32.3 Å². The van der Waals surface area contributed by atoms with Gasteiger partial charge in [0.2, 0.25) is 0 Å². The van der Waals surface area contributed by atoms with Crippen LogP contribution >= 0.6 is 0 Å². The Morgan fingerprint density at radius 2 is 1.77 bits per heavy atom. The molecule has 3 aromatic rings. The van der Waals surface area contributed by atoms with Gasteiger partial charge < -0.3 is 15.0 Å².